The number of hydrogen-bond donors (Lipinski definition) is 0. The van der Waals surface area contributed by atoms with Crippen molar-refractivity contribution in [2.75, 3.05) is 7.11 Å². The normalized spacial score (nSPS) is 10.3. The summed E-state index contributed by atoms with van der Waals surface area (Å²) in [5, 5.41) is 11.4. The lowest BCUT2D eigenvalue weighted by molar-refractivity contribution is -0.384. The third kappa shape index (κ3) is 3.06. The third-order valence-electron chi connectivity index (χ3n) is 3.68. The average Bonchev–Trinajstić information content (AvgIpc) is 2.62. The molecule has 0 aliphatic rings. The summed E-state index contributed by atoms with van der Waals surface area (Å²) in [6.45, 7) is 0. The molecular formula is C19H15NO3. The molecule has 114 valence electrons. The van der Waals surface area contributed by atoms with Crippen LogP contribution in [-0.4, -0.2) is 12.0 Å². The molecule has 3 aromatic carbocycles. The Hall–Kier alpha value is -3.14. The van der Waals surface area contributed by atoms with Crippen molar-refractivity contribution in [3.05, 3.63) is 82.9 Å². The van der Waals surface area contributed by atoms with E-state index in [1.807, 2.05) is 54.6 Å². The molecule has 0 saturated heterocycles. The molecule has 0 amide bonds. The predicted octanol–water partition coefficient (Wildman–Crippen LogP) is 4.94. The Morgan fingerprint density at radius 1 is 0.826 bits per heavy atom. The summed E-state index contributed by atoms with van der Waals surface area (Å²) in [4.78, 5) is 11.0. The van der Waals surface area contributed by atoms with Gasteiger partial charge in [0.2, 0.25) is 0 Å². The van der Waals surface area contributed by atoms with Crippen LogP contribution in [-0.2, 0) is 0 Å². The van der Waals surface area contributed by atoms with Gasteiger partial charge in [-0.25, -0.2) is 0 Å². The number of nitro benzene ring substituents is 1. The van der Waals surface area contributed by atoms with Crippen molar-refractivity contribution in [3.63, 3.8) is 0 Å². The molecule has 0 fully saturated rings. The summed E-state index contributed by atoms with van der Waals surface area (Å²) in [6.07, 6.45) is 0. The molecule has 0 aliphatic heterocycles. The quantitative estimate of drug-likeness (QED) is 0.507. The molecule has 0 heterocycles. The minimum Gasteiger partial charge on any atom is -0.497 e. The van der Waals surface area contributed by atoms with E-state index in [9.17, 15) is 10.1 Å². The van der Waals surface area contributed by atoms with Crippen molar-refractivity contribution in [2.45, 2.75) is 0 Å². The van der Waals surface area contributed by atoms with Gasteiger partial charge in [-0.15, -0.1) is 0 Å². The van der Waals surface area contributed by atoms with E-state index in [1.54, 1.807) is 12.1 Å². The van der Waals surface area contributed by atoms with E-state index in [2.05, 4.69) is 0 Å². The van der Waals surface area contributed by atoms with E-state index in [4.69, 9.17) is 4.74 Å². The zero-order chi connectivity index (χ0) is 16.2. The van der Waals surface area contributed by atoms with Crippen LogP contribution in [0.4, 0.5) is 5.69 Å². The Labute approximate surface area is 134 Å². The number of rotatable bonds is 4. The first-order valence-electron chi connectivity index (χ1n) is 7.17. The van der Waals surface area contributed by atoms with Gasteiger partial charge in [-0.3, -0.25) is 10.1 Å². The highest BCUT2D eigenvalue weighted by Crippen LogP contribution is 2.34. The molecule has 4 nitrogen and oxygen atoms in total. The smallest absolute Gasteiger partial charge is 0.280 e. The van der Waals surface area contributed by atoms with E-state index in [0.29, 0.717) is 11.3 Å². The molecule has 0 spiro atoms. The molecule has 4 heteroatoms. The second-order valence-electron chi connectivity index (χ2n) is 5.09. The van der Waals surface area contributed by atoms with E-state index in [1.165, 1.54) is 13.2 Å². The first-order chi connectivity index (χ1) is 11.2. The minimum atomic E-state index is -0.382. The minimum absolute atomic E-state index is 0.0366. The zero-order valence-electron chi connectivity index (χ0n) is 12.6. The molecule has 0 saturated carbocycles. The molecule has 3 aromatic rings. The number of nitro groups is 1. The monoisotopic (exact) mass is 305 g/mol. The Morgan fingerprint density at radius 3 is 2.22 bits per heavy atom. The summed E-state index contributed by atoms with van der Waals surface area (Å²) in [7, 11) is 1.49. The maximum absolute atomic E-state index is 11.4. The highest BCUT2D eigenvalue weighted by molar-refractivity contribution is 5.78. The van der Waals surface area contributed by atoms with Gasteiger partial charge in [0.05, 0.1) is 23.7 Å². The van der Waals surface area contributed by atoms with Crippen molar-refractivity contribution in [3.8, 4) is 28.0 Å². The molecule has 0 aliphatic carbocycles. The summed E-state index contributed by atoms with van der Waals surface area (Å²) < 4.78 is 5.08. The summed E-state index contributed by atoms with van der Waals surface area (Å²) in [5.74, 6) is 0.472. The van der Waals surface area contributed by atoms with Gasteiger partial charge in [0.1, 0.15) is 5.75 Å². The second kappa shape index (κ2) is 6.32. The number of nitrogens with zero attached hydrogens (tertiary/aromatic N) is 1. The molecule has 3 rings (SSSR count). The molecule has 0 atom stereocenters. The van der Waals surface area contributed by atoms with Gasteiger partial charge < -0.3 is 4.74 Å². The van der Waals surface area contributed by atoms with Crippen LogP contribution in [0.2, 0.25) is 0 Å². The fraction of sp³-hybridized carbons (Fsp3) is 0.0526. The lowest BCUT2D eigenvalue weighted by Crippen LogP contribution is -1.94. The van der Waals surface area contributed by atoms with Crippen LogP contribution in [0.5, 0.6) is 5.75 Å². The van der Waals surface area contributed by atoms with Gasteiger partial charge in [0.15, 0.2) is 0 Å². The van der Waals surface area contributed by atoms with Crippen LogP contribution in [0.1, 0.15) is 0 Å². The van der Waals surface area contributed by atoms with Gasteiger partial charge in [0, 0.05) is 0 Å². The standard InChI is InChI=1S/C19H15NO3/c1-23-17-10-11-18(19(13-17)20(21)22)16-9-5-8-15(12-16)14-6-3-2-4-7-14/h2-13H,1H3. The maximum atomic E-state index is 11.4. The SMILES string of the molecule is COc1ccc(-c2cccc(-c3ccccc3)c2)c([N+](=O)[O-])c1. The van der Waals surface area contributed by atoms with E-state index < -0.39 is 0 Å². The van der Waals surface area contributed by atoms with E-state index >= 15 is 0 Å². The van der Waals surface area contributed by atoms with Crippen LogP contribution < -0.4 is 4.74 Å². The predicted molar refractivity (Wildman–Crippen MR) is 90.5 cm³/mol. The van der Waals surface area contributed by atoms with Gasteiger partial charge in [0.25, 0.3) is 5.69 Å². The summed E-state index contributed by atoms with van der Waals surface area (Å²) in [5.41, 5.74) is 3.52. The summed E-state index contributed by atoms with van der Waals surface area (Å²) >= 11 is 0. The van der Waals surface area contributed by atoms with Gasteiger partial charge >= 0.3 is 0 Å². The number of hydrogen-bond acceptors (Lipinski definition) is 3. The first-order valence-corrected chi connectivity index (χ1v) is 7.17. The van der Waals surface area contributed by atoms with Crippen LogP contribution >= 0.6 is 0 Å². The van der Waals surface area contributed by atoms with Crippen molar-refractivity contribution in [2.24, 2.45) is 0 Å². The number of methoxy groups -OCH3 is 1. The van der Waals surface area contributed by atoms with Gasteiger partial charge in [-0.1, -0.05) is 48.5 Å². The lowest BCUT2D eigenvalue weighted by Gasteiger charge is -2.08. The van der Waals surface area contributed by atoms with E-state index in [0.717, 1.165) is 16.7 Å². The van der Waals surface area contributed by atoms with Gasteiger partial charge in [-0.05, 0) is 34.9 Å². The fourth-order valence-corrected chi connectivity index (χ4v) is 2.53. The Balaban J connectivity index is 2.11. The van der Waals surface area contributed by atoms with Crippen LogP contribution in [0.3, 0.4) is 0 Å². The number of ether oxygens (including phenoxy) is 1. The van der Waals surface area contributed by atoms with E-state index in [-0.39, 0.29) is 10.6 Å². The number of benzene rings is 3. The Kier molecular flexibility index (Phi) is 4.06. The average molecular weight is 305 g/mol. The molecule has 23 heavy (non-hydrogen) atoms. The largest absolute Gasteiger partial charge is 0.497 e. The lowest BCUT2D eigenvalue weighted by atomic mass is 9.98. The van der Waals surface area contributed by atoms with Crippen LogP contribution in [0.15, 0.2) is 72.8 Å². The van der Waals surface area contributed by atoms with Crippen molar-refractivity contribution in [1.29, 1.82) is 0 Å². The molecular weight excluding hydrogens is 290 g/mol. The fourth-order valence-electron chi connectivity index (χ4n) is 2.53. The molecule has 0 aromatic heterocycles. The molecule has 0 N–H and O–H groups in total. The third-order valence-corrected chi connectivity index (χ3v) is 3.68. The second-order valence-corrected chi connectivity index (χ2v) is 5.09. The van der Waals surface area contributed by atoms with Crippen molar-refractivity contribution >= 4 is 5.69 Å². The Bertz CT molecular complexity index is 844. The van der Waals surface area contributed by atoms with Crippen LogP contribution in [0.25, 0.3) is 22.3 Å². The van der Waals surface area contributed by atoms with Crippen molar-refractivity contribution in [1.82, 2.24) is 0 Å². The highest BCUT2D eigenvalue weighted by Gasteiger charge is 2.17. The Morgan fingerprint density at radius 2 is 1.52 bits per heavy atom. The summed E-state index contributed by atoms with van der Waals surface area (Å²) in [6, 6.07) is 22.6. The highest BCUT2D eigenvalue weighted by atomic mass is 16.6. The van der Waals surface area contributed by atoms with Crippen LogP contribution in [0, 0.1) is 10.1 Å². The first kappa shape index (κ1) is 14.8. The molecule has 0 radical (unpaired) electrons. The molecule has 0 bridgehead atoms. The van der Waals surface area contributed by atoms with Crippen molar-refractivity contribution < 1.29 is 9.66 Å². The molecule has 0 unspecified atom stereocenters. The topological polar surface area (TPSA) is 52.4 Å². The van der Waals surface area contributed by atoms with Gasteiger partial charge in [-0.2, -0.15) is 0 Å². The maximum Gasteiger partial charge on any atom is 0.280 e. The zero-order valence-corrected chi connectivity index (χ0v) is 12.6.